The van der Waals surface area contributed by atoms with Gasteiger partial charge < -0.3 is 10.5 Å². The predicted molar refractivity (Wildman–Crippen MR) is 102 cm³/mol. The zero-order valence-electron chi connectivity index (χ0n) is 14.5. The number of hydrogen-bond donors (Lipinski definition) is 1. The van der Waals surface area contributed by atoms with Crippen LogP contribution in [-0.4, -0.2) is 13.7 Å². The van der Waals surface area contributed by atoms with Crippen LogP contribution in [0.2, 0.25) is 0 Å². The van der Waals surface area contributed by atoms with Crippen molar-refractivity contribution in [3.05, 3.63) is 77.4 Å². The van der Waals surface area contributed by atoms with Gasteiger partial charge in [-0.25, -0.2) is 0 Å². The molecule has 0 aliphatic rings. The molecule has 0 fully saturated rings. The SMILES string of the molecule is CCc1ccc(C(CN)Cc2c(OC)ccc3ccccc23)cc1. The Labute approximate surface area is 144 Å². The third-order valence-electron chi connectivity index (χ3n) is 4.81. The molecule has 2 N–H and O–H groups in total. The van der Waals surface area contributed by atoms with Gasteiger partial charge in [-0.15, -0.1) is 0 Å². The summed E-state index contributed by atoms with van der Waals surface area (Å²) in [5.74, 6) is 1.23. The number of hydrogen-bond acceptors (Lipinski definition) is 2. The van der Waals surface area contributed by atoms with E-state index in [4.69, 9.17) is 10.5 Å². The van der Waals surface area contributed by atoms with Crippen LogP contribution in [0.1, 0.15) is 29.5 Å². The second kappa shape index (κ2) is 7.50. The molecule has 0 bridgehead atoms. The van der Waals surface area contributed by atoms with Crippen molar-refractivity contribution >= 4 is 10.8 Å². The van der Waals surface area contributed by atoms with Gasteiger partial charge in [0.05, 0.1) is 7.11 Å². The van der Waals surface area contributed by atoms with Crippen LogP contribution in [-0.2, 0) is 12.8 Å². The number of aryl methyl sites for hydroxylation is 1. The van der Waals surface area contributed by atoms with Gasteiger partial charge in [-0.2, -0.15) is 0 Å². The quantitative estimate of drug-likeness (QED) is 0.715. The fourth-order valence-electron chi connectivity index (χ4n) is 3.33. The molecule has 3 aromatic rings. The molecule has 0 saturated carbocycles. The lowest BCUT2D eigenvalue weighted by molar-refractivity contribution is 0.409. The third kappa shape index (κ3) is 3.29. The van der Waals surface area contributed by atoms with E-state index in [1.54, 1.807) is 7.11 Å². The molecule has 0 radical (unpaired) electrons. The molecule has 0 heterocycles. The molecule has 0 aliphatic heterocycles. The summed E-state index contributed by atoms with van der Waals surface area (Å²) in [6.45, 7) is 2.80. The molecule has 3 aromatic carbocycles. The summed E-state index contributed by atoms with van der Waals surface area (Å²) >= 11 is 0. The van der Waals surface area contributed by atoms with Crippen molar-refractivity contribution in [2.45, 2.75) is 25.7 Å². The van der Waals surface area contributed by atoms with Gasteiger partial charge in [0.2, 0.25) is 0 Å². The molecule has 2 heteroatoms. The van der Waals surface area contributed by atoms with Gasteiger partial charge >= 0.3 is 0 Å². The normalized spacial score (nSPS) is 12.3. The largest absolute Gasteiger partial charge is 0.496 e. The Bertz CT molecular complexity index is 808. The summed E-state index contributed by atoms with van der Waals surface area (Å²) in [7, 11) is 1.74. The molecule has 24 heavy (non-hydrogen) atoms. The van der Waals surface area contributed by atoms with Gasteiger partial charge in [-0.1, -0.05) is 61.5 Å². The zero-order valence-corrected chi connectivity index (χ0v) is 14.5. The molecule has 3 rings (SSSR count). The van der Waals surface area contributed by atoms with Crippen molar-refractivity contribution in [2.24, 2.45) is 5.73 Å². The topological polar surface area (TPSA) is 35.2 Å². The van der Waals surface area contributed by atoms with Crippen LogP contribution in [0.25, 0.3) is 10.8 Å². The Hall–Kier alpha value is -2.32. The van der Waals surface area contributed by atoms with E-state index in [0.717, 1.165) is 18.6 Å². The highest BCUT2D eigenvalue weighted by Crippen LogP contribution is 2.32. The van der Waals surface area contributed by atoms with Gasteiger partial charge in [0.1, 0.15) is 5.75 Å². The number of methoxy groups -OCH3 is 1. The molecule has 1 unspecified atom stereocenters. The number of ether oxygens (including phenoxy) is 1. The lowest BCUT2D eigenvalue weighted by atomic mass is 9.88. The monoisotopic (exact) mass is 319 g/mol. The summed E-state index contributed by atoms with van der Waals surface area (Å²) in [6, 6.07) is 21.5. The van der Waals surface area contributed by atoms with E-state index >= 15 is 0 Å². The number of nitrogens with two attached hydrogens (primary N) is 1. The molecular formula is C22H25NO. The van der Waals surface area contributed by atoms with Gasteiger partial charge in [0.15, 0.2) is 0 Å². The van der Waals surface area contributed by atoms with E-state index in [2.05, 4.69) is 67.6 Å². The van der Waals surface area contributed by atoms with Crippen molar-refractivity contribution in [3.8, 4) is 5.75 Å². The Balaban J connectivity index is 1.99. The zero-order chi connectivity index (χ0) is 16.9. The summed E-state index contributed by atoms with van der Waals surface area (Å²) < 4.78 is 5.63. The van der Waals surface area contributed by atoms with Crippen LogP contribution in [0, 0.1) is 0 Å². The smallest absolute Gasteiger partial charge is 0.122 e. The fourth-order valence-corrected chi connectivity index (χ4v) is 3.33. The Morgan fingerprint density at radius 3 is 2.38 bits per heavy atom. The minimum Gasteiger partial charge on any atom is -0.496 e. The number of rotatable bonds is 6. The average molecular weight is 319 g/mol. The summed E-state index contributed by atoms with van der Waals surface area (Å²) in [5, 5.41) is 2.49. The second-order valence-electron chi connectivity index (χ2n) is 6.20. The van der Waals surface area contributed by atoms with Gasteiger partial charge in [-0.05, 0) is 47.4 Å². The molecule has 1 atom stereocenters. The van der Waals surface area contributed by atoms with E-state index in [1.165, 1.54) is 27.5 Å². The van der Waals surface area contributed by atoms with Crippen LogP contribution in [0.4, 0.5) is 0 Å². The Morgan fingerprint density at radius 2 is 1.71 bits per heavy atom. The highest BCUT2D eigenvalue weighted by molar-refractivity contribution is 5.87. The summed E-state index contributed by atoms with van der Waals surface area (Å²) in [5.41, 5.74) is 10.0. The van der Waals surface area contributed by atoms with Crippen molar-refractivity contribution in [3.63, 3.8) is 0 Å². The van der Waals surface area contributed by atoms with Gasteiger partial charge in [0.25, 0.3) is 0 Å². The standard InChI is InChI=1S/C22H25NO/c1-3-16-8-10-17(11-9-16)19(15-23)14-21-20-7-5-4-6-18(20)12-13-22(21)24-2/h4-13,19H,3,14-15,23H2,1-2H3. The minimum absolute atomic E-state index is 0.288. The van der Waals surface area contributed by atoms with Crippen molar-refractivity contribution < 1.29 is 4.74 Å². The van der Waals surface area contributed by atoms with Crippen LogP contribution < -0.4 is 10.5 Å². The minimum atomic E-state index is 0.288. The highest BCUT2D eigenvalue weighted by atomic mass is 16.5. The van der Waals surface area contributed by atoms with Gasteiger partial charge in [-0.3, -0.25) is 0 Å². The first-order chi connectivity index (χ1) is 11.8. The first-order valence-electron chi connectivity index (χ1n) is 8.60. The van der Waals surface area contributed by atoms with Crippen LogP contribution in [0.15, 0.2) is 60.7 Å². The first kappa shape index (κ1) is 16.5. The Kier molecular flexibility index (Phi) is 5.17. The van der Waals surface area contributed by atoms with Crippen LogP contribution in [0.5, 0.6) is 5.75 Å². The number of benzene rings is 3. The van der Waals surface area contributed by atoms with E-state index in [1.807, 2.05) is 0 Å². The molecular weight excluding hydrogens is 294 g/mol. The maximum absolute atomic E-state index is 6.12. The lowest BCUT2D eigenvalue weighted by Crippen LogP contribution is -2.15. The third-order valence-corrected chi connectivity index (χ3v) is 4.81. The van der Waals surface area contributed by atoms with E-state index in [0.29, 0.717) is 6.54 Å². The first-order valence-corrected chi connectivity index (χ1v) is 8.60. The van der Waals surface area contributed by atoms with E-state index < -0.39 is 0 Å². The van der Waals surface area contributed by atoms with E-state index in [-0.39, 0.29) is 5.92 Å². The molecule has 0 aliphatic carbocycles. The molecule has 0 saturated heterocycles. The Morgan fingerprint density at radius 1 is 0.958 bits per heavy atom. The molecule has 0 amide bonds. The fraction of sp³-hybridized carbons (Fsp3) is 0.273. The van der Waals surface area contributed by atoms with Gasteiger partial charge in [0, 0.05) is 11.5 Å². The molecule has 0 aromatic heterocycles. The highest BCUT2D eigenvalue weighted by Gasteiger charge is 2.16. The van der Waals surface area contributed by atoms with Crippen molar-refractivity contribution in [1.29, 1.82) is 0 Å². The average Bonchev–Trinajstić information content (AvgIpc) is 2.66. The maximum atomic E-state index is 6.12. The molecule has 0 spiro atoms. The lowest BCUT2D eigenvalue weighted by Gasteiger charge is -2.19. The van der Waals surface area contributed by atoms with Crippen molar-refractivity contribution in [1.82, 2.24) is 0 Å². The summed E-state index contributed by atoms with van der Waals surface area (Å²) in [4.78, 5) is 0. The maximum Gasteiger partial charge on any atom is 0.122 e. The molecule has 124 valence electrons. The van der Waals surface area contributed by atoms with E-state index in [9.17, 15) is 0 Å². The molecule has 2 nitrogen and oxygen atoms in total. The van der Waals surface area contributed by atoms with Crippen LogP contribution in [0.3, 0.4) is 0 Å². The second-order valence-corrected chi connectivity index (χ2v) is 6.20. The predicted octanol–water partition coefficient (Wildman–Crippen LogP) is 4.70. The number of fused-ring (bicyclic) bond motifs is 1. The van der Waals surface area contributed by atoms with Crippen LogP contribution >= 0.6 is 0 Å². The van der Waals surface area contributed by atoms with Crippen molar-refractivity contribution in [2.75, 3.05) is 13.7 Å². The summed E-state index contributed by atoms with van der Waals surface area (Å²) in [6.07, 6.45) is 1.94.